The Bertz CT molecular complexity index is 810. The van der Waals surface area contributed by atoms with Crippen LogP contribution in [0.2, 0.25) is 0 Å². The Kier molecular flexibility index (Phi) is 7.21. The summed E-state index contributed by atoms with van der Waals surface area (Å²) in [6.45, 7) is 1.99. The summed E-state index contributed by atoms with van der Waals surface area (Å²) in [6.07, 6.45) is 6.87. The van der Waals surface area contributed by atoms with Gasteiger partial charge in [-0.05, 0) is 63.4 Å². The van der Waals surface area contributed by atoms with Crippen molar-refractivity contribution in [2.45, 2.75) is 112 Å². The van der Waals surface area contributed by atoms with Crippen molar-refractivity contribution in [3.8, 4) is 0 Å². The van der Waals surface area contributed by atoms with Crippen molar-refractivity contribution in [3.63, 3.8) is 0 Å². The van der Waals surface area contributed by atoms with Gasteiger partial charge in [0, 0.05) is 13.7 Å². The van der Waals surface area contributed by atoms with E-state index in [0.29, 0.717) is 38.5 Å². The molecule has 5 atom stereocenters. The van der Waals surface area contributed by atoms with Crippen molar-refractivity contribution in [2.24, 2.45) is 0 Å². The molecule has 1 aromatic rings. The summed E-state index contributed by atoms with van der Waals surface area (Å²) in [7, 11) is 1.76. The maximum atomic E-state index is 13.2. The van der Waals surface area contributed by atoms with Crippen LogP contribution in [0.5, 0.6) is 0 Å². The summed E-state index contributed by atoms with van der Waals surface area (Å²) >= 11 is 0. The minimum Gasteiger partial charge on any atom is -0.396 e. The van der Waals surface area contributed by atoms with Gasteiger partial charge in [-0.15, -0.1) is 0 Å². The molecule has 1 amide bonds. The third kappa shape index (κ3) is 5.14. The van der Waals surface area contributed by atoms with E-state index in [2.05, 4.69) is 12.1 Å². The Morgan fingerprint density at radius 1 is 1.12 bits per heavy atom. The Morgan fingerprint density at radius 2 is 1.82 bits per heavy atom. The smallest absolute Gasteiger partial charge is 0.225 e. The molecule has 3 aliphatic rings. The first-order valence-electron chi connectivity index (χ1n) is 12.7. The second-order valence-corrected chi connectivity index (χ2v) is 11.1. The molecule has 2 bridgehead atoms. The van der Waals surface area contributed by atoms with Gasteiger partial charge in [-0.1, -0.05) is 49.6 Å². The first kappa shape index (κ1) is 24.6. The van der Waals surface area contributed by atoms with Gasteiger partial charge in [0.05, 0.1) is 29.3 Å². The number of nitrogens with zero attached hydrogens (tertiary/aromatic N) is 1. The number of fused-ring (bicyclic) bond motifs is 2. The molecule has 0 radical (unpaired) electrons. The van der Waals surface area contributed by atoms with Crippen molar-refractivity contribution >= 4 is 5.91 Å². The largest absolute Gasteiger partial charge is 0.396 e. The minimum atomic E-state index is -0.925. The third-order valence-corrected chi connectivity index (χ3v) is 8.60. The molecule has 3 fully saturated rings. The first-order valence-corrected chi connectivity index (χ1v) is 12.7. The van der Waals surface area contributed by atoms with Crippen molar-refractivity contribution in [2.75, 3.05) is 13.7 Å². The molecular formula is C27H41NO5. The normalized spacial score (nSPS) is 36.1. The summed E-state index contributed by atoms with van der Waals surface area (Å²) < 4.78 is 6.66. The number of carbonyl (C=O) groups excluding carboxylic acids is 1. The van der Waals surface area contributed by atoms with Crippen LogP contribution in [-0.2, 0) is 9.53 Å². The second-order valence-electron chi connectivity index (χ2n) is 11.1. The monoisotopic (exact) mass is 459 g/mol. The summed E-state index contributed by atoms with van der Waals surface area (Å²) in [4.78, 5) is 14.9. The topological polar surface area (TPSA) is 90.2 Å². The van der Waals surface area contributed by atoms with E-state index >= 15 is 0 Å². The molecule has 1 saturated carbocycles. The maximum absolute atomic E-state index is 13.2. The number of amides is 1. The van der Waals surface area contributed by atoms with Crippen LogP contribution in [-0.4, -0.2) is 68.7 Å². The zero-order valence-corrected chi connectivity index (χ0v) is 20.2. The molecule has 6 nitrogen and oxygen atoms in total. The van der Waals surface area contributed by atoms with Gasteiger partial charge < -0.3 is 25.0 Å². The van der Waals surface area contributed by atoms with E-state index in [1.54, 1.807) is 11.9 Å². The van der Waals surface area contributed by atoms with Crippen LogP contribution in [0.15, 0.2) is 30.3 Å². The second kappa shape index (κ2) is 9.65. The lowest BCUT2D eigenvalue weighted by Gasteiger charge is -2.50. The number of benzene rings is 1. The minimum absolute atomic E-state index is 0.0279. The Balaban J connectivity index is 1.57. The molecule has 2 aliphatic heterocycles. The van der Waals surface area contributed by atoms with Crippen molar-refractivity contribution in [1.82, 2.24) is 4.90 Å². The standard InChI is InChI=1S/C27H41NO5/c1-25-17-21(20-9-5-3-6-10-20)18-27(33-25,15-16-29)14-11-22(24(25)31)28(2)23(30)19-26(32)12-7-4-8-13-26/h3,5-6,9-10,21-22,24,29,31-32H,4,7-8,11-19H2,1-2H3/t21-,22+,24-,25+,27-/m1/s1. The number of ether oxygens (including phenoxy) is 1. The van der Waals surface area contributed by atoms with Crippen LogP contribution in [0.4, 0.5) is 0 Å². The lowest BCUT2D eigenvalue weighted by molar-refractivity contribution is -0.226. The molecule has 33 heavy (non-hydrogen) atoms. The summed E-state index contributed by atoms with van der Waals surface area (Å²) in [5, 5.41) is 32.4. The highest BCUT2D eigenvalue weighted by Crippen LogP contribution is 2.51. The number of carbonyl (C=O) groups is 1. The average Bonchev–Trinajstić information content (AvgIpc) is 2.86. The van der Waals surface area contributed by atoms with Gasteiger partial charge >= 0.3 is 0 Å². The van der Waals surface area contributed by atoms with Gasteiger partial charge in [-0.25, -0.2) is 0 Å². The van der Waals surface area contributed by atoms with Gasteiger partial charge in [-0.2, -0.15) is 0 Å². The zero-order valence-electron chi connectivity index (χ0n) is 20.2. The fourth-order valence-electron chi connectivity index (χ4n) is 6.72. The van der Waals surface area contributed by atoms with Crippen molar-refractivity contribution < 1.29 is 24.9 Å². The highest BCUT2D eigenvalue weighted by molar-refractivity contribution is 5.77. The Hall–Kier alpha value is -1.47. The van der Waals surface area contributed by atoms with Gasteiger partial charge in [-0.3, -0.25) is 4.79 Å². The molecule has 184 valence electrons. The predicted octanol–water partition coefficient (Wildman–Crippen LogP) is 3.53. The maximum Gasteiger partial charge on any atom is 0.225 e. The van der Waals surface area contributed by atoms with E-state index < -0.39 is 22.9 Å². The van der Waals surface area contributed by atoms with E-state index in [1.807, 2.05) is 25.1 Å². The van der Waals surface area contributed by atoms with Gasteiger partial charge in [0.1, 0.15) is 6.10 Å². The molecule has 6 heteroatoms. The number of aliphatic hydroxyl groups excluding tert-OH is 2. The molecule has 2 heterocycles. The summed E-state index contributed by atoms with van der Waals surface area (Å²) in [5.74, 6) is 0.105. The summed E-state index contributed by atoms with van der Waals surface area (Å²) in [6, 6.07) is 9.95. The van der Waals surface area contributed by atoms with Gasteiger partial charge in [0.25, 0.3) is 0 Å². The zero-order chi connectivity index (χ0) is 23.7. The van der Waals surface area contributed by atoms with Crippen LogP contribution in [0.3, 0.4) is 0 Å². The molecule has 0 aromatic heterocycles. The van der Waals surface area contributed by atoms with Crippen molar-refractivity contribution in [3.05, 3.63) is 35.9 Å². The van der Waals surface area contributed by atoms with Crippen LogP contribution in [0.25, 0.3) is 0 Å². The SMILES string of the molecule is CN(C(=O)CC1(O)CCCCC1)[C@H]1CC[C@@]2(CCO)C[C@H](c3ccccc3)C[C@](C)(O2)[C@@H]1O. The van der Waals surface area contributed by atoms with Crippen molar-refractivity contribution in [1.29, 1.82) is 0 Å². The molecule has 1 aromatic carbocycles. The molecule has 0 unspecified atom stereocenters. The van der Waals surface area contributed by atoms with E-state index in [9.17, 15) is 20.1 Å². The molecule has 2 saturated heterocycles. The number of hydrogen-bond donors (Lipinski definition) is 3. The van der Waals surface area contributed by atoms with E-state index in [4.69, 9.17) is 4.74 Å². The van der Waals surface area contributed by atoms with Crippen LogP contribution >= 0.6 is 0 Å². The van der Waals surface area contributed by atoms with Gasteiger partial charge in [0.2, 0.25) is 5.91 Å². The highest BCUT2D eigenvalue weighted by atomic mass is 16.5. The average molecular weight is 460 g/mol. The lowest BCUT2D eigenvalue weighted by atomic mass is 9.73. The lowest BCUT2D eigenvalue weighted by Crippen LogP contribution is -2.58. The third-order valence-electron chi connectivity index (χ3n) is 8.60. The van der Waals surface area contributed by atoms with E-state index in [1.165, 1.54) is 5.56 Å². The molecule has 1 aliphatic carbocycles. The van der Waals surface area contributed by atoms with E-state index in [-0.39, 0.29) is 30.9 Å². The quantitative estimate of drug-likeness (QED) is 0.606. The fraction of sp³-hybridized carbons (Fsp3) is 0.741. The Morgan fingerprint density at radius 3 is 2.48 bits per heavy atom. The first-order chi connectivity index (χ1) is 15.7. The summed E-state index contributed by atoms with van der Waals surface area (Å²) in [5.41, 5.74) is -1.05. The van der Waals surface area contributed by atoms with Crippen LogP contribution in [0.1, 0.15) is 89.0 Å². The molecule has 4 rings (SSSR count). The molecular weight excluding hydrogens is 418 g/mol. The number of rotatable bonds is 6. The fourth-order valence-corrected chi connectivity index (χ4v) is 6.72. The van der Waals surface area contributed by atoms with Crippen LogP contribution < -0.4 is 0 Å². The highest BCUT2D eigenvalue weighted by Gasteiger charge is 2.55. The van der Waals surface area contributed by atoms with Gasteiger partial charge in [0.15, 0.2) is 0 Å². The molecule has 3 N–H and O–H groups in total. The number of likely N-dealkylation sites (N-methyl/N-ethyl adjacent to an activating group) is 1. The Labute approximate surface area is 197 Å². The molecule has 0 spiro atoms. The predicted molar refractivity (Wildman–Crippen MR) is 127 cm³/mol. The number of hydrogen-bond acceptors (Lipinski definition) is 5. The van der Waals surface area contributed by atoms with E-state index in [0.717, 1.165) is 25.7 Å². The number of aliphatic hydroxyl groups is 3. The van der Waals surface area contributed by atoms with Crippen LogP contribution in [0, 0.1) is 0 Å².